The van der Waals surface area contributed by atoms with Crippen molar-refractivity contribution in [2.24, 2.45) is 0 Å². The van der Waals surface area contributed by atoms with Crippen LogP contribution in [0.3, 0.4) is 0 Å². The fraction of sp³-hybridized carbons (Fsp3) is 0.263. The van der Waals surface area contributed by atoms with E-state index < -0.39 is 0 Å². The molecule has 120 valence electrons. The van der Waals surface area contributed by atoms with Gasteiger partial charge in [-0.2, -0.15) is 0 Å². The third-order valence-electron chi connectivity index (χ3n) is 4.97. The van der Waals surface area contributed by atoms with Crippen LogP contribution in [0.5, 0.6) is 5.75 Å². The SMILES string of the molecule is COc1ccc(-n2c[n+]3c(n2)CO[C@@H]2Cc4ccccc4[C@@H]23)cc1. The molecule has 0 saturated carbocycles. The molecule has 0 radical (unpaired) electrons. The Morgan fingerprint density at radius 1 is 1.17 bits per heavy atom. The van der Waals surface area contributed by atoms with Gasteiger partial charge in [-0.1, -0.05) is 28.9 Å². The summed E-state index contributed by atoms with van der Waals surface area (Å²) in [4.78, 5) is 0. The minimum absolute atomic E-state index is 0.202. The van der Waals surface area contributed by atoms with Crippen LogP contribution in [0, 0.1) is 0 Å². The van der Waals surface area contributed by atoms with Gasteiger partial charge in [-0.3, -0.25) is 0 Å². The molecular weight excluding hydrogens is 302 g/mol. The summed E-state index contributed by atoms with van der Waals surface area (Å²) in [6, 6.07) is 16.7. The summed E-state index contributed by atoms with van der Waals surface area (Å²) < 4.78 is 15.5. The molecule has 2 atom stereocenters. The standard InChI is InChI=1S/C19H18N3O2/c1-23-15-8-6-14(7-9-15)22-12-21-18(20-22)11-24-17-10-13-4-2-3-5-16(13)19(17)21/h2-9,12,17,19H,10-11H2,1H3/q+1/t17-,19+/m1/s1. The first kappa shape index (κ1) is 13.7. The fourth-order valence-electron chi connectivity index (χ4n) is 3.78. The Kier molecular flexibility index (Phi) is 2.97. The Morgan fingerprint density at radius 3 is 2.83 bits per heavy atom. The summed E-state index contributed by atoms with van der Waals surface area (Å²) in [5.74, 6) is 1.81. The third-order valence-corrected chi connectivity index (χ3v) is 4.97. The zero-order chi connectivity index (χ0) is 16.1. The number of benzene rings is 2. The first-order chi connectivity index (χ1) is 11.8. The maximum absolute atomic E-state index is 6.08. The van der Waals surface area contributed by atoms with Gasteiger partial charge in [0.1, 0.15) is 30.2 Å². The van der Waals surface area contributed by atoms with Gasteiger partial charge in [-0.05, 0) is 35.4 Å². The van der Waals surface area contributed by atoms with Crippen LogP contribution in [-0.4, -0.2) is 23.0 Å². The maximum atomic E-state index is 6.08. The maximum Gasteiger partial charge on any atom is 0.304 e. The van der Waals surface area contributed by atoms with Gasteiger partial charge in [0.15, 0.2) is 0 Å². The van der Waals surface area contributed by atoms with Crippen molar-refractivity contribution in [1.29, 1.82) is 0 Å². The van der Waals surface area contributed by atoms with Crippen molar-refractivity contribution in [2.45, 2.75) is 25.2 Å². The highest BCUT2D eigenvalue weighted by Gasteiger charge is 2.43. The minimum atomic E-state index is 0.202. The Bertz CT molecular complexity index is 901. The van der Waals surface area contributed by atoms with Gasteiger partial charge in [0.2, 0.25) is 6.33 Å². The van der Waals surface area contributed by atoms with Crippen LogP contribution in [0.4, 0.5) is 0 Å². The predicted octanol–water partition coefficient (Wildman–Crippen LogP) is 2.21. The average Bonchev–Trinajstić information content (AvgIpc) is 3.22. The molecule has 0 amide bonds. The van der Waals surface area contributed by atoms with Crippen LogP contribution < -0.4 is 9.30 Å². The fourth-order valence-corrected chi connectivity index (χ4v) is 3.78. The Labute approximate surface area is 140 Å². The van der Waals surface area contributed by atoms with Gasteiger partial charge < -0.3 is 9.47 Å². The van der Waals surface area contributed by atoms with Crippen LogP contribution in [0.15, 0.2) is 54.9 Å². The van der Waals surface area contributed by atoms with E-state index in [2.05, 4.69) is 35.2 Å². The highest BCUT2D eigenvalue weighted by Crippen LogP contribution is 2.35. The van der Waals surface area contributed by atoms with Gasteiger partial charge in [0, 0.05) is 11.5 Å². The summed E-state index contributed by atoms with van der Waals surface area (Å²) >= 11 is 0. The van der Waals surface area contributed by atoms with Crippen molar-refractivity contribution in [2.75, 3.05) is 7.11 Å². The van der Waals surface area contributed by atoms with Crippen LogP contribution in [0.2, 0.25) is 0 Å². The number of nitrogens with zero attached hydrogens (tertiary/aromatic N) is 3. The van der Waals surface area contributed by atoms with E-state index in [4.69, 9.17) is 14.6 Å². The van der Waals surface area contributed by atoms with Crippen molar-refractivity contribution < 1.29 is 14.0 Å². The average molecular weight is 320 g/mol. The Balaban J connectivity index is 1.57. The summed E-state index contributed by atoms with van der Waals surface area (Å²) in [5.41, 5.74) is 3.74. The van der Waals surface area contributed by atoms with Crippen molar-refractivity contribution in [3.63, 3.8) is 0 Å². The zero-order valence-electron chi connectivity index (χ0n) is 13.4. The van der Waals surface area contributed by atoms with E-state index >= 15 is 0 Å². The molecule has 0 bridgehead atoms. The van der Waals surface area contributed by atoms with E-state index in [1.165, 1.54) is 11.1 Å². The van der Waals surface area contributed by atoms with Crippen molar-refractivity contribution in [3.05, 3.63) is 71.8 Å². The first-order valence-electron chi connectivity index (χ1n) is 8.17. The molecule has 5 heteroatoms. The monoisotopic (exact) mass is 320 g/mol. The van der Waals surface area contributed by atoms with Gasteiger partial charge in [-0.25, -0.2) is 4.57 Å². The number of ether oxygens (including phenoxy) is 2. The molecule has 0 unspecified atom stereocenters. The van der Waals surface area contributed by atoms with E-state index in [9.17, 15) is 0 Å². The van der Waals surface area contributed by atoms with Crippen molar-refractivity contribution in [3.8, 4) is 11.4 Å². The Morgan fingerprint density at radius 2 is 2.00 bits per heavy atom. The molecule has 2 aliphatic rings. The van der Waals surface area contributed by atoms with Gasteiger partial charge in [0.05, 0.1) is 7.11 Å². The zero-order valence-corrected chi connectivity index (χ0v) is 13.4. The summed E-state index contributed by atoms with van der Waals surface area (Å²) in [6.45, 7) is 0.554. The lowest BCUT2D eigenvalue weighted by Gasteiger charge is -2.23. The van der Waals surface area contributed by atoms with Gasteiger partial charge in [-0.15, -0.1) is 0 Å². The molecule has 2 heterocycles. The molecule has 0 fully saturated rings. The lowest BCUT2D eigenvalue weighted by Crippen LogP contribution is -2.51. The molecule has 24 heavy (non-hydrogen) atoms. The first-order valence-corrected chi connectivity index (χ1v) is 8.17. The molecule has 1 aliphatic carbocycles. The Hall–Kier alpha value is -2.66. The molecule has 2 aromatic carbocycles. The second-order valence-electron chi connectivity index (χ2n) is 6.28. The van der Waals surface area contributed by atoms with Crippen LogP contribution >= 0.6 is 0 Å². The molecule has 0 N–H and O–H groups in total. The highest BCUT2D eigenvalue weighted by atomic mass is 16.5. The van der Waals surface area contributed by atoms with Gasteiger partial charge in [0.25, 0.3) is 0 Å². The highest BCUT2D eigenvalue weighted by molar-refractivity contribution is 5.37. The lowest BCUT2D eigenvalue weighted by atomic mass is 10.1. The number of hydrogen-bond donors (Lipinski definition) is 0. The molecule has 5 rings (SSSR count). The third kappa shape index (κ3) is 1.98. The second-order valence-corrected chi connectivity index (χ2v) is 6.28. The number of aromatic nitrogens is 3. The van der Waals surface area contributed by atoms with E-state index in [0.29, 0.717) is 6.61 Å². The second kappa shape index (κ2) is 5.18. The number of fused-ring (bicyclic) bond motifs is 5. The summed E-state index contributed by atoms with van der Waals surface area (Å²) in [6.07, 6.45) is 3.26. The van der Waals surface area contributed by atoms with Crippen molar-refractivity contribution in [1.82, 2.24) is 9.78 Å². The molecule has 5 nitrogen and oxygen atoms in total. The molecular formula is C19H18N3O2+. The van der Waals surface area contributed by atoms with Crippen molar-refractivity contribution >= 4 is 0 Å². The molecule has 1 aliphatic heterocycles. The number of methoxy groups -OCH3 is 1. The van der Waals surface area contributed by atoms with E-state index in [1.54, 1.807) is 7.11 Å². The topological polar surface area (TPSA) is 40.2 Å². The van der Waals surface area contributed by atoms with E-state index in [-0.39, 0.29) is 12.1 Å². The van der Waals surface area contributed by atoms with Crippen LogP contribution in [0.1, 0.15) is 23.0 Å². The van der Waals surface area contributed by atoms with E-state index in [0.717, 1.165) is 23.7 Å². The molecule has 3 aromatic rings. The van der Waals surface area contributed by atoms with E-state index in [1.807, 2.05) is 28.9 Å². The molecule has 0 spiro atoms. The largest absolute Gasteiger partial charge is 0.497 e. The molecule has 0 saturated heterocycles. The molecule has 1 aromatic heterocycles. The summed E-state index contributed by atoms with van der Waals surface area (Å²) in [7, 11) is 1.67. The quantitative estimate of drug-likeness (QED) is 0.680. The van der Waals surface area contributed by atoms with Gasteiger partial charge >= 0.3 is 5.82 Å². The smallest absolute Gasteiger partial charge is 0.304 e. The summed E-state index contributed by atoms with van der Waals surface area (Å²) in [5, 5.41) is 4.72. The lowest BCUT2D eigenvalue weighted by molar-refractivity contribution is -0.739. The van der Waals surface area contributed by atoms with Crippen LogP contribution in [-0.2, 0) is 17.8 Å². The normalized spacial score (nSPS) is 21.0. The van der Waals surface area contributed by atoms with Crippen LogP contribution in [0.25, 0.3) is 5.69 Å². The minimum Gasteiger partial charge on any atom is -0.497 e. The predicted molar refractivity (Wildman–Crippen MR) is 87.2 cm³/mol. The number of hydrogen-bond acceptors (Lipinski definition) is 3. The number of rotatable bonds is 2.